The second-order valence-electron chi connectivity index (χ2n) is 2.21. The Bertz CT molecular complexity index is 59.4. The maximum atomic E-state index is 5.33. The second-order valence-corrected chi connectivity index (χ2v) is 2.21. The molecule has 0 saturated carbocycles. The summed E-state index contributed by atoms with van der Waals surface area (Å²) in [6.07, 6.45) is 4.16. The molecule has 0 bridgehead atoms. The molecule has 0 radical (unpaired) electrons. The molecule has 1 nitrogen and oxygen atoms in total. The molecular weight excluding hydrogens is 98.1 g/mol. The van der Waals surface area contributed by atoms with Gasteiger partial charge in [0.2, 0.25) is 0 Å². The predicted octanol–water partition coefficient (Wildman–Crippen LogP) is 1.55. The Labute approximate surface area is 51.6 Å². The summed E-state index contributed by atoms with van der Waals surface area (Å²) in [4.78, 5) is 0. The zero-order chi connectivity index (χ0) is 6.41. The first-order valence-corrected chi connectivity index (χ1v) is 3.12. The largest absolute Gasteiger partial charge is 0.330 e. The van der Waals surface area contributed by atoms with Crippen molar-refractivity contribution in [3.05, 3.63) is 12.7 Å². The minimum Gasteiger partial charge on any atom is -0.330 e. The van der Waals surface area contributed by atoms with Crippen LogP contribution in [0.4, 0.5) is 0 Å². The Balaban J connectivity index is 3.03. The molecule has 2 N–H and O–H groups in total. The van der Waals surface area contributed by atoms with Crippen LogP contribution in [0.1, 0.15) is 19.8 Å². The van der Waals surface area contributed by atoms with E-state index in [1.54, 1.807) is 0 Å². The van der Waals surface area contributed by atoms with Crippen molar-refractivity contribution in [3.8, 4) is 0 Å². The maximum absolute atomic E-state index is 5.33. The van der Waals surface area contributed by atoms with Gasteiger partial charge >= 0.3 is 0 Å². The lowest BCUT2D eigenvalue weighted by Crippen LogP contribution is -2.04. The molecule has 0 aromatic rings. The molecule has 48 valence electrons. The molecule has 1 atom stereocenters. The summed E-state index contributed by atoms with van der Waals surface area (Å²) in [5.41, 5.74) is 5.33. The molecule has 0 spiro atoms. The van der Waals surface area contributed by atoms with Crippen LogP contribution in [0.3, 0.4) is 0 Å². The van der Waals surface area contributed by atoms with Crippen LogP contribution in [0.5, 0.6) is 0 Å². The Morgan fingerprint density at radius 1 is 1.75 bits per heavy atom. The van der Waals surface area contributed by atoms with Crippen molar-refractivity contribution >= 4 is 0 Å². The van der Waals surface area contributed by atoms with Gasteiger partial charge in [0.15, 0.2) is 0 Å². The molecular formula is C7H15N. The van der Waals surface area contributed by atoms with Crippen molar-refractivity contribution in [1.82, 2.24) is 0 Å². The van der Waals surface area contributed by atoms with Crippen molar-refractivity contribution in [2.45, 2.75) is 19.8 Å². The van der Waals surface area contributed by atoms with Crippen LogP contribution in [-0.2, 0) is 0 Å². The van der Waals surface area contributed by atoms with Crippen LogP contribution < -0.4 is 5.73 Å². The van der Waals surface area contributed by atoms with Gasteiger partial charge in [-0.2, -0.15) is 0 Å². The first-order chi connectivity index (χ1) is 3.81. The van der Waals surface area contributed by atoms with Crippen molar-refractivity contribution in [2.75, 3.05) is 6.54 Å². The molecule has 0 aliphatic carbocycles. The first kappa shape index (κ1) is 7.70. The number of hydrogen-bond acceptors (Lipinski definition) is 1. The lowest BCUT2D eigenvalue weighted by atomic mass is 10.0. The average molecular weight is 113 g/mol. The lowest BCUT2D eigenvalue weighted by molar-refractivity contribution is 0.549. The fourth-order valence-electron chi connectivity index (χ4n) is 0.687. The summed E-state index contributed by atoms with van der Waals surface area (Å²) in [5.74, 6) is 0.720. The standard InChI is InChI=1S/C7H15N/c1-3-4-7(2)5-6-8/h3,7H,1,4-6,8H2,2H3/t7-/m0/s1. The maximum Gasteiger partial charge on any atom is -0.00746 e. The van der Waals surface area contributed by atoms with E-state index >= 15 is 0 Å². The van der Waals surface area contributed by atoms with Gasteiger partial charge in [0.1, 0.15) is 0 Å². The normalized spacial score (nSPS) is 13.2. The van der Waals surface area contributed by atoms with Gasteiger partial charge in [-0.25, -0.2) is 0 Å². The van der Waals surface area contributed by atoms with Gasteiger partial charge in [-0.15, -0.1) is 6.58 Å². The molecule has 0 aliphatic heterocycles. The van der Waals surface area contributed by atoms with Crippen LogP contribution in [-0.4, -0.2) is 6.54 Å². The molecule has 0 aromatic carbocycles. The molecule has 0 fully saturated rings. The van der Waals surface area contributed by atoms with E-state index in [0.717, 1.165) is 25.3 Å². The SMILES string of the molecule is C=CC[C@H](C)CCN. The Morgan fingerprint density at radius 3 is 2.75 bits per heavy atom. The van der Waals surface area contributed by atoms with E-state index in [0.29, 0.717) is 0 Å². The summed E-state index contributed by atoms with van der Waals surface area (Å²) in [6, 6.07) is 0. The first-order valence-electron chi connectivity index (χ1n) is 3.12. The number of hydrogen-bond donors (Lipinski definition) is 1. The molecule has 1 heteroatoms. The highest BCUT2D eigenvalue weighted by molar-refractivity contribution is 4.70. The van der Waals surface area contributed by atoms with Gasteiger partial charge in [0, 0.05) is 0 Å². The van der Waals surface area contributed by atoms with E-state index in [-0.39, 0.29) is 0 Å². The third-order valence-electron chi connectivity index (χ3n) is 1.23. The van der Waals surface area contributed by atoms with Crippen LogP contribution in [0.2, 0.25) is 0 Å². The summed E-state index contributed by atoms with van der Waals surface area (Å²) in [6.45, 7) is 6.63. The van der Waals surface area contributed by atoms with Crippen LogP contribution in [0, 0.1) is 5.92 Å². The third-order valence-corrected chi connectivity index (χ3v) is 1.23. The average Bonchev–Trinajstić information content (AvgIpc) is 1.68. The fourth-order valence-corrected chi connectivity index (χ4v) is 0.687. The van der Waals surface area contributed by atoms with E-state index in [1.165, 1.54) is 0 Å². The van der Waals surface area contributed by atoms with Gasteiger partial charge in [-0.3, -0.25) is 0 Å². The Hall–Kier alpha value is -0.300. The Kier molecular flexibility index (Phi) is 4.67. The minimum absolute atomic E-state index is 0.720. The molecule has 0 aromatic heterocycles. The van der Waals surface area contributed by atoms with Crippen LogP contribution >= 0.6 is 0 Å². The number of nitrogens with two attached hydrogens (primary N) is 1. The smallest absolute Gasteiger partial charge is 0.00746 e. The van der Waals surface area contributed by atoms with Crippen molar-refractivity contribution < 1.29 is 0 Å². The van der Waals surface area contributed by atoms with Gasteiger partial charge in [0.25, 0.3) is 0 Å². The van der Waals surface area contributed by atoms with Gasteiger partial charge in [-0.05, 0) is 25.3 Å². The van der Waals surface area contributed by atoms with Crippen molar-refractivity contribution in [1.29, 1.82) is 0 Å². The molecule has 0 aliphatic rings. The second kappa shape index (κ2) is 4.85. The number of rotatable bonds is 4. The van der Waals surface area contributed by atoms with E-state index in [4.69, 9.17) is 5.73 Å². The summed E-state index contributed by atoms with van der Waals surface area (Å²) >= 11 is 0. The van der Waals surface area contributed by atoms with Crippen LogP contribution in [0.15, 0.2) is 12.7 Å². The highest BCUT2D eigenvalue weighted by atomic mass is 14.5. The molecule has 0 heterocycles. The van der Waals surface area contributed by atoms with Gasteiger partial charge in [0.05, 0.1) is 0 Å². The van der Waals surface area contributed by atoms with Crippen molar-refractivity contribution in [3.63, 3.8) is 0 Å². The monoisotopic (exact) mass is 113 g/mol. The minimum atomic E-state index is 0.720. The zero-order valence-electron chi connectivity index (χ0n) is 5.56. The summed E-state index contributed by atoms with van der Waals surface area (Å²) in [5, 5.41) is 0. The highest BCUT2D eigenvalue weighted by Crippen LogP contribution is 2.04. The molecule has 0 unspecified atom stereocenters. The van der Waals surface area contributed by atoms with E-state index in [2.05, 4.69) is 13.5 Å². The molecule has 0 rings (SSSR count). The van der Waals surface area contributed by atoms with Crippen LogP contribution in [0.25, 0.3) is 0 Å². The molecule has 8 heavy (non-hydrogen) atoms. The highest BCUT2D eigenvalue weighted by Gasteiger charge is 1.94. The molecule has 0 saturated heterocycles. The lowest BCUT2D eigenvalue weighted by Gasteiger charge is -2.03. The number of allylic oxidation sites excluding steroid dienone is 1. The topological polar surface area (TPSA) is 26.0 Å². The van der Waals surface area contributed by atoms with E-state index in [9.17, 15) is 0 Å². The van der Waals surface area contributed by atoms with Gasteiger partial charge < -0.3 is 5.73 Å². The molecule has 0 amide bonds. The fraction of sp³-hybridized carbons (Fsp3) is 0.714. The summed E-state index contributed by atoms with van der Waals surface area (Å²) < 4.78 is 0. The zero-order valence-corrected chi connectivity index (χ0v) is 5.56. The Morgan fingerprint density at radius 2 is 2.38 bits per heavy atom. The third kappa shape index (κ3) is 3.88. The summed E-state index contributed by atoms with van der Waals surface area (Å²) in [7, 11) is 0. The quantitative estimate of drug-likeness (QED) is 0.550. The van der Waals surface area contributed by atoms with Crippen molar-refractivity contribution in [2.24, 2.45) is 11.7 Å². The van der Waals surface area contributed by atoms with E-state index < -0.39 is 0 Å². The van der Waals surface area contributed by atoms with Gasteiger partial charge in [-0.1, -0.05) is 13.0 Å². The predicted molar refractivity (Wildman–Crippen MR) is 37.6 cm³/mol. The van der Waals surface area contributed by atoms with E-state index in [1.807, 2.05) is 6.08 Å².